The van der Waals surface area contributed by atoms with E-state index in [9.17, 15) is 4.79 Å². The van der Waals surface area contributed by atoms with Gasteiger partial charge in [-0.05, 0) is 27.7 Å². The summed E-state index contributed by atoms with van der Waals surface area (Å²) in [6.07, 6.45) is 1.08. The predicted octanol–water partition coefficient (Wildman–Crippen LogP) is 3.67. The van der Waals surface area contributed by atoms with Crippen molar-refractivity contribution in [2.75, 3.05) is 0 Å². The molecule has 0 aliphatic heterocycles. The third-order valence-corrected chi connectivity index (χ3v) is 0. The minimum absolute atomic E-state index is 0. The van der Waals surface area contributed by atoms with Gasteiger partial charge in [0, 0.05) is 6.10 Å². The molecule has 0 aromatic carbocycles. The molecule has 13 heavy (non-hydrogen) atoms. The number of Topliss-reactive ketones (excluding diaryl/α,β-unsaturated/α-hetero) is 1. The van der Waals surface area contributed by atoms with E-state index in [1.54, 1.807) is 13.8 Å². The van der Waals surface area contributed by atoms with Crippen molar-refractivity contribution >= 4 is 5.78 Å². The Kier molecular flexibility index (Phi) is 67.5. The molecule has 0 aliphatic rings. The molecule has 0 atom stereocenters. The fourth-order valence-electron chi connectivity index (χ4n) is 0. The van der Waals surface area contributed by atoms with Crippen molar-refractivity contribution in [3.8, 4) is 0 Å². The summed E-state index contributed by atoms with van der Waals surface area (Å²) in [6.45, 7) is 10.8. The maximum atomic E-state index is 9.44. The molecule has 0 bridgehead atoms. The molecule has 0 aromatic heterocycles. The van der Waals surface area contributed by atoms with Gasteiger partial charge in [0.15, 0.2) is 0 Å². The van der Waals surface area contributed by atoms with Gasteiger partial charge in [0.25, 0.3) is 0 Å². The third-order valence-electron chi connectivity index (χ3n) is 0. The zero-order chi connectivity index (χ0) is 9.86. The van der Waals surface area contributed by atoms with Crippen molar-refractivity contribution in [2.45, 2.75) is 68.9 Å². The van der Waals surface area contributed by atoms with E-state index in [4.69, 9.17) is 5.11 Å². The highest BCUT2D eigenvalue weighted by atomic mass is 16.3. The van der Waals surface area contributed by atoms with Crippen LogP contribution in [0.4, 0.5) is 0 Å². The Hall–Kier alpha value is -0.370. The smallest absolute Gasteiger partial charge is 0.126 e. The number of carbonyl (C=O) groups is 1. The van der Waals surface area contributed by atoms with E-state index < -0.39 is 0 Å². The van der Waals surface area contributed by atoms with Gasteiger partial charge in [-0.3, -0.25) is 0 Å². The summed E-state index contributed by atoms with van der Waals surface area (Å²) in [4.78, 5) is 9.44. The monoisotopic (exact) mass is 194 g/mol. The molecule has 0 unspecified atom stereocenters. The van der Waals surface area contributed by atoms with Crippen molar-refractivity contribution in [3.63, 3.8) is 0 Å². The summed E-state index contributed by atoms with van der Waals surface area (Å²) in [7, 11) is 0. The molecule has 2 nitrogen and oxygen atoms in total. The Morgan fingerprint density at radius 2 is 1.15 bits per heavy atom. The van der Waals surface area contributed by atoms with E-state index in [1.807, 2.05) is 0 Å². The minimum Gasteiger partial charge on any atom is -0.394 e. The normalized spacial score (nSPS) is 6.15. The Morgan fingerprint density at radius 3 is 1.15 bits per heavy atom. The van der Waals surface area contributed by atoms with Gasteiger partial charge >= 0.3 is 0 Å². The number of hydrogen-bond acceptors (Lipinski definition) is 2. The highest BCUT2D eigenvalue weighted by molar-refractivity contribution is 5.72. The molecule has 0 aromatic rings. The van der Waals surface area contributed by atoms with Crippen LogP contribution in [0.1, 0.15) is 62.8 Å². The Balaban J connectivity index is -0.0000000231. The first-order valence-electron chi connectivity index (χ1n) is 4.03. The van der Waals surface area contributed by atoms with Gasteiger partial charge < -0.3 is 9.90 Å². The summed E-state index contributed by atoms with van der Waals surface area (Å²) < 4.78 is 0. The number of carbonyl (C=O) groups excluding carboxylic acids is 1. The second kappa shape index (κ2) is 29.9. The lowest BCUT2D eigenvalue weighted by atomic mass is 10.5. The molecule has 0 aliphatic carbocycles. The molecule has 0 fully saturated rings. The van der Waals surface area contributed by atoms with Gasteiger partial charge in [-0.1, -0.05) is 35.1 Å². The highest BCUT2D eigenvalue weighted by Gasteiger charge is 1.69. The van der Waals surface area contributed by atoms with Crippen molar-refractivity contribution in [1.82, 2.24) is 0 Å². The first kappa shape index (κ1) is 29.3. The van der Waals surface area contributed by atoms with E-state index >= 15 is 0 Å². The average Bonchev–Trinajstić information content (AvgIpc) is 1.60. The zero-order valence-electron chi connectivity index (χ0n) is 8.64. The molecule has 0 spiro atoms. The lowest BCUT2D eigenvalue weighted by Gasteiger charge is -1.80. The molecule has 2 heteroatoms. The molecular formula is C11H30O2. The Bertz CT molecular complexity index is 61.7. The summed E-state index contributed by atoms with van der Waals surface area (Å²) in [5, 5.41) is 8.06. The standard InChI is InChI=1S/C3H8O.C3H6O.C3H8.2CH4/c2*1-3(2)4;1-3-2;;/h3-4H,1-2H3;1-2H3;3H2,1-2H3;2*1H4. The first-order chi connectivity index (χ1) is 4.88. The molecule has 0 rings (SSSR count). The summed E-state index contributed by atoms with van der Waals surface area (Å²) in [5.74, 6) is 0.167. The molecule has 86 valence electrons. The predicted molar refractivity (Wildman–Crippen MR) is 63.1 cm³/mol. The van der Waals surface area contributed by atoms with Gasteiger partial charge in [-0.25, -0.2) is 0 Å². The molecule has 1 N–H and O–H groups in total. The highest BCUT2D eigenvalue weighted by Crippen LogP contribution is 1.65. The van der Waals surface area contributed by atoms with Gasteiger partial charge in [0.2, 0.25) is 0 Å². The summed E-state index contributed by atoms with van der Waals surface area (Å²) >= 11 is 0. The summed E-state index contributed by atoms with van der Waals surface area (Å²) in [5.41, 5.74) is 0. The minimum atomic E-state index is -0.167. The number of aliphatic hydroxyl groups excluding tert-OH is 1. The van der Waals surface area contributed by atoms with Crippen LogP contribution >= 0.6 is 0 Å². The van der Waals surface area contributed by atoms with Crippen molar-refractivity contribution in [1.29, 1.82) is 0 Å². The van der Waals surface area contributed by atoms with E-state index in [0.717, 1.165) is 0 Å². The van der Waals surface area contributed by atoms with Crippen molar-refractivity contribution < 1.29 is 9.90 Å². The van der Waals surface area contributed by atoms with Crippen LogP contribution in [0, 0.1) is 0 Å². The SMILES string of the molecule is C.C.CC(C)=O.CC(C)O.CCC. The number of hydrogen-bond donors (Lipinski definition) is 1. The van der Waals surface area contributed by atoms with Gasteiger partial charge in [0.05, 0.1) is 0 Å². The average molecular weight is 194 g/mol. The summed E-state index contributed by atoms with van der Waals surface area (Å²) in [6, 6.07) is 0. The van der Waals surface area contributed by atoms with E-state index in [2.05, 4.69) is 13.8 Å². The molecule has 0 radical (unpaired) electrons. The fraction of sp³-hybridized carbons (Fsp3) is 0.909. The Morgan fingerprint density at radius 1 is 1.15 bits per heavy atom. The van der Waals surface area contributed by atoms with Crippen LogP contribution in [0.2, 0.25) is 0 Å². The quantitative estimate of drug-likeness (QED) is 0.639. The maximum Gasteiger partial charge on any atom is 0.126 e. The van der Waals surface area contributed by atoms with E-state index in [0.29, 0.717) is 0 Å². The lowest BCUT2D eigenvalue weighted by Crippen LogP contribution is -1.85. The van der Waals surface area contributed by atoms with Gasteiger partial charge in [-0.2, -0.15) is 0 Å². The second-order valence-electron chi connectivity index (χ2n) is 2.71. The van der Waals surface area contributed by atoms with Crippen molar-refractivity contribution in [3.05, 3.63) is 0 Å². The Labute approximate surface area is 85.4 Å². The lowest BCUT2D eigenvalue weighted by molar-refractivity contribution is -0.114. The molecule has 0 amide bonds. The first-order valence-corrected chi connectivity index (χ1v) is 4.03. The van der Waals surface area contributed by atoms with Crippen LogP contribution in [-0.2, 0) is 4.79 Å². The van der Waals surface area contributed by atoms with Crippen LogP contribution in [0.25, 0.3) is 0 Å². The van der Waals surface area contributed by atoms with Crippen LogP contribution in [0.3, 0.4) is 0 Å². The van der Waals surface area contributed by atoms with Crippen LogP contribution in [0.15, 0.2) is 0 Å². The second-order valence-corrected chi connectivity index (χ2v) is 2.71. The number of rotatable bonds is 0. The topological polar surface area (TPSA) is 37.3 Å². The molecule has 0 saturated heterocycles. The van der Waals surface area contributed by atoms with E-state index in [1.165, 1.54) is 20.3 Å². The van der Waals surface area contributed by atoms with Gasteiger partial charge in [0.1, 0.15) is 5.78 Å². The number of ketones is 1. The van der Waals surface area contributed by atoms with Crippen LogP contribution in [0.5, 0.6) is 0 Å². The van der Waals surface area contributed by atoms with Crippen molar-refractivity contribution in [2.24, 2.45) is 0 Å². The fourth-order valence-corrected chi connectivity index (χ4v) is 0. The molecule has 0 saturated carbocycles. The molecule has 0 heterocycles. The number of aliphatic hydroxyl groups is 1. The van der Waals surface area contributed by atoms with E-state index in [-0.39, 0.29) is 26.7 Å². The third kappa shape index (κ3) is 7880. The maximum absolute atomic E-state index is 9.44. The van der Waals surface area contributed by atoms with Crippen LogP contribution in [-0.4, -0.2) is 17.0 Å². The largest absolute Gasteiger partial charge is 0.394 e. The molecular weight excluding hydrogens is 164 g/mol. The van der Waals surface area contributed by atoms with Crippen LogP contribution < -0.4 is 0 Å². The van der Waals surface area contributed by atoms with Gasteiger partial charge in [-0.15, -0.1) is 0 Å². The zero-order valence-corrected chi connectivity index (χ0v) is 8.64.